The van der Waals surface area contributed by atoms with Gasteiger partial charge in [0, 0.05) is 0 Å². The molecule has 120 valence electrons. The van der Waals surface area contributed by atoms with Crippen molar-refractivity contribution >= 4 is 23.4 Å². The summed E-state index contributed by atoms with van der Waals surface area (Å²) in [7, 11) is 1.57. The number of nitrogens with one attached hydrogen (secondary N) is 1. The number of ether oxygens (including phenoxy) is 2. The molecule has 2 aromatic carbocycles. The van der Waals surface area contributed by atoms with E-state index in [1.165, 1.54) is 12.1 Å². The zero-order chi connectivity index (χ0) is 16.7. The fourth-order valence-electron chi connectivity index (χ4n) is 1.82. The van der Waals surface area contributed by atoms with Crippen molar-refractivity contribution in [3.8, 4) is 11.5 Å². The maximum absolute atomic E-state index is 12.9. The van der Waals surface area contributed by atoms with Crippen LogP contribution in [-0.4, -0.2) is 18.3 Å². The van der Waals surface area contributed by atoms with Crippen LogP contribution in [0.25, 0.3) is 0 Å². The normalized spacial score (nSPS) is 10.6. The monoisotopic (exact) mass is 332 g/mol. The Morgan fingerprint density at radius 2 is 1.96 bits per heavy atom. The van der Waals surface area contributed by atoms with Gasteiger partial charge in [-0.25, -0.2) is 4.39 Å². The van der Waals surface area contributed by atoms with Gasteiger partial charge in [-0.2, -0.15) is 5.10 Å². The van der Waals surface area contributed by atoms with Crippen molar-refractivity contribution in [3.05, 3.63) is 59.4 Å². The highest BCUT2D eigenvalue weighted by atomic mass is 32.1. The highest BCUT2D eigenvalue weighted by Crippen LogP contribution is 2.28. The molecule has 2 aromatic rings. The molecule has 0 saturated heterocycles. The van der Waals surface area contributed by atoms with Gasteiger partial charge in [0.2, 0.25) is 0 Å². The van der Waals surface area contributed by atoms with Gasteiger partial charge in [-0.3, -0.25) is 5.43 Å². The Bertz CT molecular complexity index is 702. The van der Waals surface area contributed by atoms with E-state index in [1.54, 1.807) is 38.4 Å². The molecule has 0 aliphatic carbocycles. The van der Waals surface area contributed by atoms with Gasteiger partial charge >= 0.3 is 0 Å². The Morgan fingerprint density at radius 3 is 2.61 bits per heavy atom. The number of benzene rings is 2. The zero-order valence-corrected chi connectivity index (χ0v) is 13.7. The molecule has 0 atom stereocenters. The predicted molar refractivity (Wildman–Crippen MR) is 92.7 cm³/mol. The molecule has 0 saturated carbocycles. The lowest BCUT2D eigenvalue weighted by atomic mass is 10.2. The van der Waals surface area contributed by atoms with E-state index in [2.05, 4.69) is 10.5 Å². The van der Waals surface area contributed by atoms with Crippen molar-refractivity contribution in [2.24, 2.45) is 5.10 Å². The number of rotatable bonds is 6. The summed E-state index contributed by atoms with van der Waals surface area (Å²) in [5.41, 5.74) is 4.42. The molecular formula is C17H17FN2O2S. The van der Waals surface area contributed by atoms with E-state index in [-0.39, 0.29) is 5.82 Å². The molecule has 0 unspecified atom stereocenters. The fraction of sp³-hybridized carbons (Fsp3) is 0.176. The first-order valence-electron chi connectivity index (χ1n) is 6.93. The van der Waals surface area contributed by atoms with E-state index < -0.39 is 0 Å². The number of hydrogen-bond donors (Lipinski definition) is 1. The SMILES string of the molecule is COc1cc(C=NNC(C)=S)ccc1OCc1ccc(F)cc1. The third-order valence-corrected chi connectivity index (χ3v) is 3.02. The molecule has 0 amide bonds. The lowest BCUT2D eigenvalue weighted by Crippen LogP contribution is -2.10. The minimum atomic E-state index is -0.268. The molecule has 0 aliphatic rings. The van der Waals surface area contributed by atoms with Crippen LogP contribution in [0.1, 0.15) is 18.1 Å². The number of methoxy groups -OCH3 is 1. The van der Waals surface area contributed by atoms with Crippen LogP contribution < -0.4 is 14.9 Å². The molecule has 6 heteroatoms. The molecule has 0 aromatic heterocycles. The number of nitrogens with zero attached hydrogens (tertiary/aromatic N) is 1. The minimum Gasteiger partial charge on any atom is -0.493 e. The highest BCUT2D eigenvalue weighted by Gasteiger charge is 2.06. The second kappa shape index (κ2) is 8.24. The first kappa shape index (κ1) is 16.9. The molecule has 0 spiro atoms. The Labute approximate surface area is 139 Å². The summed E-state index contributed by atoms with van der Waals surface area (Å²) in [6.45, 7) is 2.08. The van der Waals surface area contributed by atoms with E-state index in [0.717, 1.165) is 11.1 Å². The number of halogens is 1. The standard InChI is InChI=1S/C17H17FN2O2S/c1-12(23)20-19-10-14-5-8-16(17(9-14)21-2)22-11-13-3-6-15(18)7-4-13/h3-10H,11H2,1-2H3,(H,20,23). The van der Waals surface area contributed by atoms with Crippen LogP contribution in [0.5, 0.6) is 11.5 Å². The van der Waals surface area contributed by atoms with E-state index in [1.807, 2.05) is 12.1 Å². The zero-order valence-electron chi connectivity index (χ0n) is 12.9. The topological polar surface area (TPSA) is 42.8 Å². The third kappa shape index (κ3) is 5.34. The smallest absolute Gasteiger partial charge is 0.161 e. The van der Waals surface area contributed by atoms with Gasteiger partial charge in [-0.05, 0) is 48.4 Å². The maximum atomic E-state index is 12.9. The lowest BCUT2D eigenvalue weighted by Gasteiger charge is -2.11. The second-order valence-corrected chi connectivity index (χ2v) is 5.36. The van der Waals surface area contributed by atoms with Crippen molar-refractivity contribution in [1.29, 1.82) is 0 Å². The van der Waals surface area contributed by atoms with Crippen LogP contribution in [-0.2, 0) is 6.61 Å². The van der Waals surface area contributed by atoms with Gasteiger partial charge in [0.15, 0.2) is 11.5 Å². The maximum Gasteiger partial charge on any atom is 0.161 e. The van der Waals surface area contributed by atoms with Gasteiger partial charge in [0.05, 0.1) is 18.3 Å². The molecule has 4 nitrogen and oxygen atoms in total. The summed E-state index contributed by atoms with van der Waals surface area (Å²) in [4.78, 5) is 0.590. The summed E-state index contributed by atoms with van der Waals surface area (Å²) in [5.74, 6) is 0.929. The highest BCUT2D eigenvalue weighted by molar-refractivity contribution is 7.80. The molecule has 0 fully saturated rings. The Balaban J connectivity index is 2.05. The predicted octanol–water partition coefficient (Wildman–Crippen LogP) is 3.68. The van der Waals surface area contributed by atoms with Gasteiger partial charge in [-0.15, -0.1) is 0 Å². The Kier molecular flexibility index (Phi) is 6.05. The molecule has 0 radical (unpaired) electrons. The average Bonchev–Trinajstić information content (AvgIpc) is 2.54. The van der Waals surface area contributed by atoms with Crippen LogP contribution >= 0.6 is 12.2 Å². The van der Waals surface area contributed by atoms with Crippen molar-refractivity contribution in [3.63, 3.8) is 0 Å². The first-order valence-corrected chi connectivity index (χ1v) is 7.34. The van der Waals surface area contributed by atoms with Crippen LogP contribution in [0.4, 0.5) is 4.39 Å². The van der Waals surface area contributed by atoms with Gasteiger partial charge in [0.25, 0.3) is 0 Å². The van der Waals surface area contributed by atoms with Crippen molar-refractivity contribution in [1.82, 2.24) is 5.43 Å². The van der Waals surface area contributed by atoms with E-state index >= 15 is 0 Å². The number of thiocarbonyl (C=S) groups is 1. The Morgan fingerprint density at radius 1 is 1.22 bits per heavy atom. The third-order valence-electron chi connectivity index (χ3n) is 2.93. The summed E-state index contributed by atoms with van der Waals surface area (Å²) in [5, 5.41) is 4.00. The minimum absolute atomic E-state index is 0.268. The molecule has 0 aliphatic heterocycles. The molecule has 0 heterocycles. The van der Waals surface area contributed by atoms with E-state index in [9.17, 15) is 4.39 Å². The van der Waals surface area contributed by atoms with Crippen molar-refractivity contribution in [2.75, 3.05) is 7.11 Å². The van der Waals surface area contributed by atoms with Crippen LogP contribution in [0.2, 0.25) is 0 Å². The van der Waals surface area contributed by atoms with Gasteiger partial charge in [0.1, 0.15) is 12.4 Å². The van der Waals surface area contributed by atoms with Crippen LogP contribution in [0.3, 0.4) is 0 Å². The summed E-state index contributed by atoms with van der Waals surface area (Å²) in [6, 6.07) is 11.6. The largest absolute Gasteiger partial charge is 0.493 e. The molecule has 23 heavy (non-hydrogen) atoms. The molecule has 1 N–H and O–H groups in total. The van der Waals surface area contributed by atoms with Crippen molar-refractivity contribution < 1.29 is 13.9 Å². The van der Waals surface area contributed by atoms with Crippen LogP contribution in [0, 0.1) is 5.82 Å². The van der Waals surface area contributed by atoms with Crippen LogP contribution in [0.15, 0.2) is 47.6 Å². The molecular weight excluding hydrogens is 315 g/mol. The summed E-state index contributed by atoms with van der Waals surface area (Å²) < 4.78 is 23.9. The Hall–Kier alpha value is -2.47. The molecule has 2 rings (SSSR count). The first-order chi connectivity index (χ1) is 11.1. The van der Waals surface area contributed by atoms with Gasteiger partial charge in [-0.1, -0.05) is 24.4 Å². The molecule has 0 bridgehead atoms. The van der Waals surface area contributed by atoms with E-state index in [4.69, 9.17) is 21.7 Å². The summed E-state index contributed by atoms with van der Waals surface area (Å²) in [6.07, 6.45) is 1.64. The number of hydrazone groups is 1. The summed E-state index contributed by atoms with van der Waals surface area (Å²) >= 11 is 4.88. The number of hydrogen-bond acceptors (Lipinski definition) is 4. The lowest BCUT2D eigenvalue weighted by molar-refractivity contribution is 0.284. The quantitative estimate of drug-likeness (QED) is 0.498. The second-order valence-electron chi connectivity index (χ2n) is 4.75. The fourth-order valence-corrected chi connectivity index (χ4v) is 1.88. The average molecular weight is 332 g/mol. The van der Waals surface area contributed by atoms with Crippen molar-refractivity contribution in [2.45, 2.75) is 13.5 Å². The van der Waals surface area contributed by atoms with E-state index in [0.29, 0.717) is 23.1 Å². The van der Waals surface area contributed by atoms with Gasteiger partial charge < -0.3 is 9.47 Å².